The molecule has 1 aromatic heterocycles. The lowest BCUT2D eigenvalue weighted by atomic mass is 9.79. The quantitative estimate of drug-likeness (QED) is 0.301. The maximum absolute atomic E-state index is 14.7. The van der Waals surface area contributed by atoms with Crippen molar-refractivity contribution in [3.63, 3.8) is 0 Å². The van der Waals surface area contributed by atoms with Gasteiger partial charge in [-0.05, 0) is 54.4 Å². The number of halogens is 2. The number of carbonyl (C=O) groups excluding carboxylic acids is 1. The lowest BCUT2D eigenvalue weighted by Crippen LogP contribution is -2.60. The SMILES string of the molecule is CCCCCCOc1c2n(ccc1=O)N(C(c1ccccc1)c1ccc(F)c(F)c1)C1CC3(CCOCC3)CN1C2=O. The molecule has 2 aromatic carbocycles. The predicted molar refractivity (Wildman–Crippen MR) is 155 cm³/mol. The van der Waals surface area contributed by atoms with E-state index in [-0.39, 0.29) is 34.4 Å². The molecule has 222 valence electrons. The lowest BCUT2D eigenvalue weighted by molar-refractivity contribution is 0.0190. The summed E-state index contributed by atoms with van der Waals surface area (Å²) < 4.78 is 42.4. The first kappa shape index (κ1) is 28.4. The Bertz CT molecular complexity index is 1490. The number of pyridine rings is 1. The number of amides is 1. The minimum atomic E-state index is -0.943. The Morgan fingerprint density at radius 1 is 0.976 bits per heavy atom. The molecule has 7 nitrogen and oxygen atoms in total. The van der Waals surface area contributed by atoms with Crippen LogP contribution in [0.5, 0.6) is 5.75 Å². The predicted octanol–water partition coefficient (Wildman–Crippen LogP) is 5.80. The summed E-state index contributed by atoms with van der Waals surface area (Å²) in [4.78, 5) is 29.3. The van der Waals surface area contributed by atoms with Gasteiger partial charge in [-0.1, -0.05) is 62.6 Å². The van der Waals surface area contributed by atoms with Crippen LogP contribution in [0.25, 0.3) is 0 Å². The minimum Gasteiger partial charge on any atom is -0.487 e. The van der Waals surface area contributed by atoms with Crippen molar-refractivity contribution in [2.45, 2.75) is 64.1 Å². The third-order valence-corrected chi connectivity index (χ3v) is 8.97. The Kier molecular flexibility index (Phi) is 8.03. The number of nitrogens with zero attached hydrogens (tertiary/aromatic N) is 3. The van der Waals surface area contributed by atoms with Crippen molar-refractivity contribution in [2.24, 2.45) is 5.41 Å². The molecule has 0 bridgehead atoms. The normalized spacial score (nSPS) is 20.0. The van der Waals surface area contributed by atoms with Crippen LogP contribution in [0, 0.1) is 17.0 Å². The van der Waals surface area contributed by atoms with Crippen molar-refractivity contribution >= 4 is 5.91 Å². The zero-order valence-corrected chi connectivity index (χ0v) is 23.9. The van der Waals surface area contributed by atoms with Crippen molar-refractivity contribution in [3.05, 3.63) is 99.5 Å². The molecular weight excluding hydrogens is 540 g/mol. The van der Waals surface area contributed by atoms with E-state index in [0.717, 1.165) is 50.2 Å². The van der Waals surface area contributed by atoms with Crippen molar-refractivity contribution in [2.75, 3.05) is 31.4 Å². The van der Waals surface area contributed by atoms with E-state index in [4.69, 9.17) is 9.47 Å². The van der Waals surface area contributed by atoms with Gasteiger partial charge in [0.1, 0.15) is 6.17 Å². The zero-order valence-electron chi connectivity index (χ0n) is 23.9. The minimum absolute atomic E-state index is 0.0347. The molecular formula is C33H37F2N3O4. The third kappa shape index (κ3) is 5.19. The van der Waals surface area contributed by atoms with Gasteiger partial charge >= 0.3 is 0 Å². The highest BCUT2D eigenvalue weighted by molar-refractivity contribution is 5.97. The third-order valence-electron chi connectivity index (χ3n) is 8.97. The molecule has 0 saturated carbocycles. The van der Waals surface area contributed by atoms with E-state index in [1.165, 1.54) is 12.1 Å². The Hall–Kier alpha value is -3.72. The summed E-state index contributed by atoms with van der Waals surface area (Å²) in [5.74, 6) is -2.08. The molecule has 3 aliphatic heterocycles. The van der Waals surface area contributed by atoms with Gasteiger partial charge in [0.2, 0.25) is 5.43 Å². The fourth-order valence-corrected chi connectivity index (χ4v) is 6.77. The molecule has 2 unspecified atom stereocenters. The topological polar surface area (TPSA) is 64.0 Å². The summed E-state index contributed by atoms with van der Waals surface area (Å²) in [6.07, 6.45) is 7.43. The molecule has 2 saturated heterocycles. The molecule has 6 rings (SSSR count). The maximum atomic E-state index is 14.7. The summed E-state index contributed by atoms with van der Waals surface area (Å²) in [5.41, 5.74) is 1.05. The van der Waals surface area contributed by atoms with Crippen LogP contribution < -0.4 is 15.2 Å². The van der Waals surface area contributed by atoms with Gasteiger partial charge in [-0.15, -0.1) is 0 Å². The van der Waals surface area contributed by atoms with Gasteiger partial charge in [-0.2, -0.15) is 0 Å². The molecule has 0 N–H and O–H groups in total. The summed E-state index contributed by atoms with van der Waals surface area (Å²) in [6, 6.07) is 14.4. The molecule has 1 spiro atoms. The number of hydrogen-bond donors (Lipinski definition) is 0. The van der Waals surface area contributed by atoms with Crippen molar-refractivity contribution in [1.82, 2.24) is 9.58 Å². The standard InChI is InChI=1S/C33H37F2N3O4/c1-2-3-4-8-17-42-31-27(39)13-16-37-30(31)32(40)36-22-33(14-18-41-19-15-33)21-28(36)38(37)29(23-9-6-5-7-10-23)24-11-12-25(34)26(35)20-24/h5-7,9-13,16,20,28-29H,2-4,8,14-15,17-19,21-22H2,1H3. The molecule has 1 amide bonds. The molecule has 2 fully saturated rings. The van der Waals surface area contributed by atoms with Gasteiger partial charge in [0, 0.05) is 32.0 Å². The number of aromatic nitrogens is 1. The van der Waals surface area contributed by atoms with Crippen LogP contribution in [-0.2, 0) is 4.74 Å². The monoisotopic (exact) mass is 577 g/mol. The van der Waals surface area contributed by atoms with E-state index in [1.807, 2.05) is 40.2 Å². The average Bonchev–Trinajstić information content (AvgIpc) is 3.36. The molecule has 0 radical (unpaired) electrons. The van der Waals surface area contributed by atoms with E-state index in [2.05, 4.69) is 6.92 Å². The smallest absolute Gasteiger partial charge is 0.278 e. The Morgan fingerprint density at radius 2 is 1.76 bits per heavy atom. The number of carbonyl (C=O) groups is 1. The number of rotatable bonds is 9. The maximum Gasteiger partial charge on any atom is 0.278 e. The molecule has 3 aromatic rings. The van der Waals surface area contributed by atoms with E-state index in [1.54, 1.807) is 16.9 Å². The second-order valence-corrected chi connectivity index (χ2v) is 11.7. The van der Waals surface area contributed by atoms with Gasteiger partial charge < -0.3 is 14.4 Å². The van der Waals surface area contributed by atoms with Crippen LogP contribution in [0.15, 0.2) is 65.6 Å². The highest BCUT2D eigenvalue weighted by Crippen LogP contribution is 2.48. The Labute approximate surface area is 244 Å². The summed E-state index contributed by atoms with van der Waals surface area (Å²) >= 11 is 0. The largest absolute Gasteiger partial charge is 0.487 e. The Balaban J connectivity index is 1.51. The van der Waals surface area contributed by atoms with Gasteiger partial charge in [0.15, 0.2) is 23.1 Å². The highest BCUT2D eigenvalue weighted by atomic mass is 19.2. The highest BCUT2D eigenvalue weighted by Gasteiger charge is 2.54. The van der Waals surface area contributed by atoms with Crippen LogP contribution in [0.1, 0.15) is 79.5 Å². The fourth-order valence-electron chi connectivity index (χ4n) is 6.77. The first-order chi connectivity index (χ1) is 20.4. The van der Waals surface area contributed by atoms with Crippen LogP contribution in [0.3, 0.4) is 0 Å². The van der Waals surface area contributed by atoms with Gasteiger partial charge in [-0.3, -0.25) is 19.3 Å². The molecule has 42 heavy (non-hydrogen) atoms. The van der Waals surface area contributed by atoms with E-state index in [0.29, 0.717) is 38.3 Å². The number of ether oxygens (including phenoxy) is 2. The zero-order chi connectivity index (χ0) is 29.3. The molecule has 3 aliphatic rings. The van der Waals surface area contributed by atoms with Crippen LogP contribution in [0.4, 0.5) is 8.78 Å². The van der Waals surface area contributed by atoms with Gasteiger partial charge in [-0.25, -0.2) is 8.78 Å². The van der Waals surface area contributed by atoms with E-state index in [9.17, 15) is 18.4 Å². The van der Waals surface area contributed by atoms with Gasteiger partial charge in [0.25, 0.3) is 5.91 Å². The van der Waals surface area contributed by atoms with Crippen LogP contribution in [0.2, 0.25) is 0 Å². The molecule has 0 aliphatic carbocycles. The van der Waals surface area contributed by atoms with Crippen LogP contribution in [-0.4, -0.2) is 48.0 Å². The number of fused-ring (bicyclic) bond motifs is 2. The number of benzene rings is 2. The van der Waals surface area contributed by atoms with Gasteiger partial charge in [0.05, 0.1) is 12.6 Å². The molecule has 2 atom stereocenters. The van der Waals surface area contributed by atoms with Crippen molar-refractivity contribution in [3.8, 4) is 5.75 Å². The molecule has 4 heterocycles. The summed E-state index contributed by atoms with van der Waals surface area (Å²) in [5, 5.41) is 2.05. The van der Waals surface area contributed by atoms with Crippen LogP contribution >= 0.6 is 0 Å². The first-order valence-electron chi connectivity index (χ1n) is 15.0. The van der Waals surface area contributed by atoms with E-state index < -0.39 is 17.7 Å². The summed E-state index contributed by atoms with van der Waals surface area (Å²) in [6.45, 7) is 4.22. The number of hydrogen-bond acceptors (Lipinski definition) is 5. The van der Waals surface area contributed by atoms with Crippen molar-refractivity contribution < 1.29 is 23.0 Å². The second kappa shape index (κ2) is 11.9. The lowest BCUT2D eigenvalue weighted by Gasteiger charge is -2.47. The second-order valence-electron chi connectivity index (χ2n) is 11.7. The van der Waals surface area contributed by atoms with E-state index >= 15 is 0 Å². The summed E-state index contributed by atoms with van der Waals surface area (Å²) in [7, 11) is 0. The number of unbranched alkanes of at least 4 members (excludes halogenated alkanes) is 3. The first-order valence-corrected chi connectivity index (χ1v) is 15.0. The fraction of sp³-hybridized carbons (Fsp3) is 0.455. The average molecular weight is 578 g/mol. The molecule has 9 heteroatoms. The van der Waals surface area contributed by atoms with Crippen molar-refractivity contribution in [1.29, 1.82) is 0 Å². The Morgan fingerprint density at radius 3 is 2.50 bits per heavy atom.